The number of fused-ring (bicyclic) bond motifs is 5. The molecule has 3 heterocycles. The van der Waals surface area contributed by atoms with Gasteiger partial charge in [0.05, 0.1) is 18.1 Å². The van der Waals surface area contributed by atoms with E-state index >= 15 is 0 Å². The second kappa shape index (κ2) is 5.62. The largest absolute Gasteiger partial charge is 0.466 e. The van der Waals surface area contributed by atoms with Crippen LogP contribution in [-0.4, -0.2) is 35.1 Å². The maximum atomic E-state index is 12.7. The lowest BCUT2D eigenvalue weighted by molar-refractivity contribution is -0.158. The smallest absolute Gasteiger partial charge is 0.311 e. The van der Waals surface area contributed by atoms with Crippen LogP contribution in [0.2, 0.25) is 0 Å². The van der Waals surface area contributed by atoms with E-state index in [0.717, 1.165) is 32.4 Å². The van der Waals surface area contributed by atoms with E-state index in [0.29, 0.717) is 6.61 Å². The van der Waals surface area contributed by atoms with Crippen molar-refractivity contribution in [2.75, 3.05) is 19.7 Å². The number of nitrogens with zero attached hydrogens (tertiary/aromatic N) is 2. The number of esters is 1. The molecule has 4 nitrogen and oxygen atoms in total. The van der Waals surface area contributed by atoms with Crippen LogP contribution in [0.15, 0.2) is 24.3 Å². The van der Waals surface area contributed by atoms with Gasteiger partial charge < -0.3 is 9.30 Å². The molecule has 2 unspecified atom stereocenters. The third-order valence-corrected chi connectivity index (χ3v) is 6.15. The molecular weight excluding hydrogens is 300 g/mol. The molecule has 0 aliphatic carbocycles. The summed E-state index contributed by atoms with van der Waals surface area (Å²) in [5.41, 5.74) is 3.72. The molecule has 1 saturated heterocycles. The van der Waals surface area contributed by atoms with Gasteiger partial charge in [-0.15, -0.1) is 0 Å². The molecule has 0 radical (unpaired) electrons. The van der Waals surface area contributed by atoms with Crippen molar-refractivity contribution in [3.05, 3.63) is 35.5 Å². The van der Waals surface area contributed by atoms with Crippen LogP contribution < -0.4 is 0 Å². The molecule has 2 aliphatic rings. The zero-order valence-electron chi connectivity index (χ0n) is 14.8. The van der Waals surface area contributed by atoms with E-state index in [1.165, 1.54) is 22.2 Å². The number of carbonyl (C=O) groups is 1. The molecule has 0 N–H and O–H groups in total. The molecule has 2 aromatic rings. The number of hydrogen-bond donors (Lipinski definition) is 0. The summed E-state index contributed by atoms with van der Waals surface area (Å²) >= 11 is 0. The predicted octanol–water partition coefficient (Wildman–Crippen LogP) is 3.22. The van der Waals surface area contributed by atoms with E-state index in [-0.39, 0.29) is 17.4 Å². The summed E-state index contributed by atoms with van der Waals surface area (Å²) in [6, 6.07) is 8.61. The summed E-state index contributed by atoms with van der Waals surface area (Å²) in [4.78, 5) is 15.2. The van der Waals surface area contributed by atoms with Crippen molar-refractivity contribution in [1.82, 2.24) is 9.47 Å². The monoisotopic (exact) mass is 326 g/mol. The fraction of sp³-hybridized carbons (Fsp3) is 0.550. The second-order valence-corrected chi connectivity index (χ2v) is 7.23. The Hall–Kier alpha value is -1.81. The highest BCUT2D eigenvalue weighted by molar-refractivity contribution is 5.87. The number of ether oxygens (including phenoxy) is 1. The lowest BCUT2D eigenvalue weighted by atomic mass is 9.71. The van der Waals surface area contributed by atoms with Gasteiger partial charge in [0.1, 0.15) is 0 Å². The maximum absolute atomic E-state index is 12.7. The fourth-order valence-corrected chi connectivity index (χ4v) is 5.09. The van der Waals surface area contributed by atoms with Crippen LogP contribution in [0.25, 0.3) is 10.9 Å². The van der Waals surface area contributed by atoms with E-state index in [2.05, 4.69) is 47.7 Å². The molecule has 0 spiro atoms. The van der Waals surface area contributed by atoms with Crippen molar-refractivity contribution < 1.29 is 9.53 Å². The topological polar surface area (TPSA) is 34.5 Å². The minimum Gasteiger partial charge on any atom is -0.466 e. The predicted molar refractivity (Wildman–Crippen MR) is 94.9 cm³/mol. The Morgan fingerprint density at radius 1 is 1.33 bits per heavy atom. The first-order valence-electron chi connectivity index (χ1n) is 9.07. The lowest BCUT2D eigenvalue weighted by Gasteiger charge is -2.52. The summed E-state index contributed by atoms with van der Waals surface area (Å²) in [6.07, 6.45) is 3.03. The lowest BCUT2D eigenvalue weighted by Crippen LogP contribution is -2.59. The summed E-state index contributed by atoms with van der Waals surface area (Å²) in [6.45, 7) is 6.68. The SMILES string of the molecule is CCOC(=O)C1CCCN2CCc3c(n(C)c4ccccc34)C12C. The molecule has 1 aromatic carbocycles. The molecule has 24 heavy (non-hydrogen) atoms. The van der Waals surface area contributed by atoms with Crippen molar-refractivity contribution in [3.8, 4) is 0 Å². The molecule has 4 rings (SSSR count). The summed E-state index contributed by atoms with van der Waals surface area (Å²) < 4.78 is 7.76. The third-order valence-electron chi connectivity index (χ3n) is 6.15. The number of rotatable bonds is 2. The molecule has 0 bridgehead atoms. The highest BCUT2D eigenvalue weighted by atomic mass is 16.5. The van der Waals surface area contributed by atoms with Gasteiger partial charge >= 0.3 is 5.97 Å². The molecule has 1 fully saturated rings. The molecule has 4 heteroatoms. The van der Waals surface area contributed by atoms with Gasteiger partial charge in [-0.1, -0.05) is 18.2 Å². The van der Waals surface area contributed by atoms with Crippen molar-refractivity contribution >= 4 is 16.9 Å². The van der Waals surface area contributed by atoms with E-state index in [9.17, 15) is 4.79 Å². The highest BCUT2D eigenvalue weighted by Gasteiger charge is 2.52. The van der Waals surface area contributed by atoms with E-state index in [4.69, 9.17) is 4.74 Å². The number of para-hydroxylation sites is 1. The maximum Gasteiger partial charge on any atom is 0.311 e. The first kappa shape index (κ1) is 15.7. The molecule has 1 aromatic heterocycles. The fourth-order valence-electron chi connectivity index (χ4n) is 5.09. The van der Waals surface area contributed by atoms with Crippen molar-refractivity contribution in [1.29, 1.82) is 0 Å². The number of aryl methyl sites for hydroxylation is 1. The first-order valence-corrected chi connectivity index (χ1v) is 9.07. The van der Waals surface area contributed by atoms with Crippen LogP contribution in [0.5, 0.6) is 0 Å². The van der Waals surface area contributed by atoms with Crippen molar-refractivity contribution in [2.45, 2.75) is 38.6 Å². The number of piperidine rings is 1. The Morgan fingerprint density at radius 2 is 2.12 bits per heavy atom. The minimum atomic E-state index is -0.272. The molecule has 0 amide bonds. The van der Waals surface area contributed by atoms with Gasteiger partial charge in [-0.2, -0.15) is 0 Å². The van der Waals surface area contributed by atoms with Gasteiger partial charge in [-0.05, 0) is 51.3 Å². The second-order valence-electron chi connectivity index (χ2n) is 7.23. The molecule has 2 atom stereocenters. The number of hydrogen-bond acceptors (Lipinski definition) is 3. The van der Waals surface area contributed by atoms with Crippen LogP contribution in [0.4, 0.5) is 0 Å². The molecule has 2 aliphatic heterocycles. The van der Waals surface area contributed by atoms with Crippen molar-refractivity contribution in [3.63, 3.8) is 0 Å². The number of benzene rings is 1. The van der Waals surface area contributed by atoms with E-state index < -0.39 is 0 Å². The minimum absolute atomic E-state index is 0.0391. The Labute approximate surface area is 143 Å². The summed E-state index contributed by atoms with van der Waals surface area (Å²) in [5, 5.41) is 1.34. The average Bonchev–Trinajstić information content (AvgIpc) is 2.88. The highest BCUT2D eigenvalue weighted by Crippen LogP contribution is 2.48. The first-order chi connectivity index (χ1) is 11.6. The van der Waals surface area contributed by atoms with E-state index in [1.807, 2.05) is 6.92 Å². The molecule has 0 saturated carbocycles. The zero-order chi connectivity index (χ0) is 16.9. The van der Waals surface area contributed by atoms with Gasteiger partial charge in [0, 0.05) is 30.2 Å². The van der Waals surface area contributed by atoms with Crippen LogP contribution in [0.3, 0.4) is 0 Å². The van der Waals surface area contributed by atoms with Gasteiger partial charge in [-0.25, -0.2) is 0 Å². The van der Waals surface area contributed by atoms with Gasteiger partial charge in [-0.3, -0.25) is 9.69 Å². The van der Waals surface area contributed by atoms with Crippen molar-refractivity contribution in [2.24, 2.45) is 13.0 Å². The zero-order valence-corrected chi connectivity index (χ0v) is 14.8. The summed E-state index contributed by atoms with van der Waals surface area (Å²) in [7, 11) is 2.15. The quantitative estimate of drug-likeness (QED) is 0.795. The average molecular weight is 326 g/mol. The van der Waals surface area contributed by atoms with Gasteiger partial charge in [0.15, 0.2) is 0 Å². The Kier molecular flexibility index (Phi) is 3.68. The van der Waals surface area contributed by atoms with Crippen LogP contribution in [-0.2, 0) is 28.5 Å². The van der Waals surface area contributed by atoms with Crippen LogP contribution >= 0.6 is 0 Å². The Balaban J connectivity index is 1.93. The van der Waals surface area contributed by atoms with Gasteiger partial charge in [0.2, 0.25) is 0 Å². The normalized spacial score (nSPS) is 26.9. The number of aromatic nitrogens is 1. The van der Waals surface area contributed by atoms with Crippen LogP contribution in [0, 0.1) is 5.92 Å². The standard InChI is InChI=1S/C20H26N2O2/c1-4-24-19(23)16-9-7-12-22-13-11-15-14-8-5-6-10-17(14)21(3)18(15)20(16,22)2/h5-6,8,10,16H,4,7,9,11-13H2,1-3H3. The Bertz CT molecular complexity index is 794. The third kappa shape index (κ3) is 1.99. The summed E-state index contributed by atoms with van der Waals surface area (Å²) in [5.74, 6) is -0.129. The van der Waals surface area contributed by atoms with Crippen LogP contribution in [0.1, 0.15) is 37.9 Å². The van der Waals surface area contributed by atoms with E-state index in [1.54, 1.807) is 0 Å². The van der Waals surface area contributed by atoms with Gasteiger partial charge in [0.25, 0.3) is 0 Å². The molecular formula is C20H26N2O2. The number of carbonyl (C=O) groups excluding carboxylic acids is 1. The molecule has 128 valence electrons. The Morgan fingerprint density at radius 3 is 2.92 bits per heavy atom.